The number of carboxylic acid groups (broad SMARTS) is 1. The number of rotatable bonds is 7. The zero-order valence-electron chi connectivity index (χ0n) is 27.2. The number of hydrogen-bond acceptors (Lipinski definition) is 8. The van der Waals surface area contributed by atoms with Gasteiger partial charge in [0.15, 0.2) is 11.6 Å². The van der Waals surface area contributed by atoms with Crippen LogP contribution in [0.1, 0.15) is 50.2 Å². The molecule has 5 aromatic rings. The molecule has 2 aromatic carbocycles. The Morgan fingerprint density at radius 3 is 1.92 bits per heavy atom. The molecule has 10 nitrogen and oxygen atoms in total. The van der Waals surface area contributed by atoms with Crippen LogP contribution in [0.3, 0.4) is 0 Å². The number of ether oxygens (including phenoxy) is 1. The van der Waals surface area contributed by atoms with Crippen molar-refractivity contribution in [1.82, 2.24) is 29.8 Å². The predicted molar refractivity (Wildman–Crippen MR) is 177 cm³/mol. The van der Waals surface area contributed by atoms with E-state index in [9.17, 15) is 22.8 Å². The number of halogens is 3. The summed E-state index contributed by atoms with van der Waals surface area (Å²) in [5.41, 5.74) is 2.99. The van der Waals surface area contributed by atoms with E-state index in [1.807, 2.05) is 43.0 Å². The molecule has 3 aromatic heterocycles. The number of piperidine rings is 1. The molecule has 13 heteroatoms. The molecule has 1 saturated carbocycles. The van der Waals surface area contributed by atoms with Gasteiger partial charge in [-0.15, -0.1) is 0 Å². The molecule has 50 heavy (non-hydrogen) atoms. The van der Waals surface area contributed by atoms with E-state index in [4.69, 9.17) is 9.84 Å². The Morgan fingerprint density at radius 1 is 0.800 bits per heavy atom. The number of likely N-dealkylation sites (tertiary alicyclic amines) is 1. The molecule has 7 rings (SSSR count). The number of fused-ring (bicyclic) bond motifs is 1. The van der Waals surface area contributed by atoms with Crippen molar-refractivity contribution in [2.75, 3.05) is 13.2 Å². The van der Waals surface area contributed by atoms with Crippen LogP contribution in [0.15, 0.2) is 91.6 Å². The number of carbonyl (C=O) groups is 2. The summed E-state index contributed by atoms with van der Waals surface area (Å²) in [5, 5.41) is 9.10. The Morgan fingerprint density at radius 2 is 1.38 bits per heavy atom. The standard InChI is InChI=1S/C25H23F3N4O2.C12H10N2O2/c1-15-3-5-20(23-29-7-2-8-30-23)21(9-15)24(33)32-13-17-10-16(17)11-19(32)14-34-22-6-4-18(12-31-22)25(26,27)28;1-8-3-4-9(10(7-8)12(15)16)11-13-5-2-6-14-11/h2-9,12,16-17,19H,10-11,13-14H2,1H3;2-7H,1H3,(H,15,16)/t16-,17+,19+;/m1./s1. The summed E-state index contributed by atoms with van der Waals surface area (Å²) in [4.78, 5) is 47.2. The summed E-state index contributed by atoms with van der Waals surface area (Å²) in [6.45, 7) is 4.57. The number of amides is 1. The summed E-state index contributed by atoms with van der Waals surface area (Å²) in [6, 6.07) is 16.2. The molecule has 0 radical (unpaired) electrons. The van der Waals surface area contributed by atoms with Crippen LogP contribution in [-0.4, -0.2) is 66.0 Å². The Bertz CT molecular complexity index is 1980. The lowest BCUT2D eigenvalue weighted by atomic mass is 9.98. The normalized spacial score (nSPS) is 17.9. The fraction of sp³-hybridized carbons (Fsp3) is 0.270. The molecular weight excluding hydrogens is 649 g/mol. The topological polar surface area (TPSA) is 131 Å². The van der Waals surface area contributed by atoms with E-state index < -0.39 is 17.7 Å². The second-order valence-electron chi connectivity index (χ2n) is 12.3. The molecule has 1 N–H and O–H groups in total. The van der Waals surface area contributed by atoms with Gasteiger partial charge in [0.05, 0.1) is 22.7 Å². The number of hydrogen-bond donors (Lipinski definition) is 1. The average Bonchev–Trinajstić information content (AvgIpc) is 3.89. The van der Waals surface area contributed by atoms with Crippen LogP contribution in [0, 0.1) is 25.7 Å². The zero-order chi connectivity index (χ0) is 35.4. The van der Waals surface area contributed by atoms with E-state index in [1.54, 1.807) is 49.1 Å². The largest absolute Gasteiger partial charge is 0.478 e. The van der Waals surface area contributed by atoms with Crippen LogP contribution in [0.2, 0.25) is 0 Å². The maximum absolute atomic E-state index is 13.8. The SMILES string of the molecule is Cc1ccc(-c2ncccn2)c(C(=O)N2C[C@@H]3C[C@@H]3C[C@H]2COc2ccc(C(F)(F)F)cn2)c1.Cc1ccc(-c2ncccn2)c(C(=O)O)c1. The maximum Gasteiger partial charge on any atom is 0.417 e. The van der Waals surface area contributed by atoms with Crippen LogP contribution in [0.25, 0.3) is 22.8 Å². The van der Waals surface area contributed by atoms with Crippen molar-refractivity contribution in [2.24, 2.45) is 11.8 Å². The van der Waals surface area contributed by atoms with Gasteiger partial charge in [-0.3, -0.25) is 4.79 Å². The molecule has 1 saturated heterocycles. The van der Waals surface area contributed by atoms with Crippen LogP contribution in [0.4, 0.5) is 13.2 Å². The number of benzene rings is 2. The lowest BCUT2D eigenvalue weighted by Crippen LogP contribution is -2.47. The van der Waals surface area contributed by atoms with Crippen molar-refractivity contribution in [2.45, 2.75) is 38.9 Å². The Hall–Kier alpha value is -5.72. The summed E-state index contributed by atoms with van der Waals surface area (Å²) in [5.74, 6) is 0.955. The van der Waals surface area contributed by atoms with Crippen LogP contribution in [-0.2, 0) is 6.18 Å². The molecule has 256 valence electrons. The summed E-state index contributed by atoms with van der Waals surface area (Å²) < 4.78 is 44.1. The Kier molecular flexibility index (Phi) is 9.84. The Balaban J connectivity index is 0.000000226. The van der Waals surface area contributed by atoms with Crippen LogP contribution >= 0.6 is 0 Å². The minimum absolute atomic E-state index is 0.104. The summed E-state index contributed by atoms with van der Waals surface area (Å²) in [6.07, 6.45) is 4.63. The quantitative estimate of drug-likeness (QED) is 0.194. The highest BCUT2D eigenvalue weighted by molar-refractivity contribution is 6.00. The number of carbonyl (C=O) groups excluding carboxylic acids is 1. The first-order valence-corrected chi connectivity index (χ1v) is 15.9. The van der Waals surface area contributed by atoms with E-state index >= 15 is 0 Å². The molecule has 1 aliphatic heterocycles. The first-order valence-electron chi connectivity index (χ1n) is 15.9. The minimum atomic E-state index is -4.45. The van der Waals surface area contributed by atoms with Crippen LogP contribution < -0.4 is 4.74 Å². The van der Waals surface area contributed by atoms with Gasteiger partial charge in [0.25, 0.3) is 5.91 Å². The third-order valence-corrected chi connectivity index (χ3v) is 8.69. The van der Waals surface area contributed by atoms with Gasteiger partial charge in [-0.25, -0.2) is 29.7 Å². The molecular formula is C37H33F3N6O4. The van der Waals surface area contributed by atoms with E-state index in [0.717, 1.165) is 36.2 Å². The molecule has 4 heterocycles. The Labute approximate surface area is 286 Å². The van der Waals surface area contributed by atoms with Gasteiger partial charge in [0, 0.05) is 54.7 Å². The number of alkyl halides is 3. The predicted octanol–water partition coefficient (Wildman–Crippen LogP) is 6.95. The van der Waals surface area contributed by atoms with E-state index in [0.29, 0.717) is 46.7 Å². The highest BCUT2D eigenvalue weighted by Crippen LogP contribution is 2.47. The van der Waals surface area contributed by atoms with E-state index in [1.165, 1.54) is 6.07 Å². The third kappa shape index (κ3) is 7.94. The van der Waals surface area contributed by atoms with Crippen molar-refractivity contribution in [1.29, 1.82) is 0 Å². The van der Waals surface area contributed by atoms with Crippen molar-refractivity contribution in [3.8, 4) is 28.7 Å². The number of aromatic carboxylic acids is 1. The monoisotopic (exact) mass is 682 g/mol. The lowest BCUT2D eigenvalue weighted by molar-refractivity contribution is -0.137. The molecule has 2 fully saturated rings. The number of pyridine rings is 1. The smallest absolute Gasteiger partial charge is 0.417 e. The van der Waals surface area contributed by atoms with Gasteiger partial charge >= 0.3 is 12.1 Å². The first kappa shape index (κ1) is 34.2. The highest BCUT2D eigenvalue weighted by Gasteiger charge is 2.47. The van der Waals surface area contributed by atoms with Gasteiger partial charge in [-0.2, -0.15) is 13.2 Å². The molecule has 3 atom stereocenters. The third-order valence-electron chi connectivity index (χ3n) is 8.69. The van der Waals surface area contributed by atoms with Gasteiger partial charge in [0.2, 0.25) is 5.88 Å². The second kappa shape index (κ2) is 14.4. The number of aromatic nitrogens is 5. The van der Waals surface area contributed by atoms with Gasteiger partial charge in [0.1, 0.15) is 6.61 Å². The average molecular weight is 683 g/mol. The summed E-state index contributed by atoms with van der Waals surface area (Å²) in [7, 11) is 0. The number of carboxylic acids is 1. The van der Waals surface area contributed by atoms with E-state index in [2.05, 4.69) is 24.9 Å². The zero-order valence-corrected chi connectivity index (χ0v) is 27.2. The molecule has 1 amide bonds. The van der Waals surface area contributed by atoms with Crippen LogP contribution in [0.5, 0.6) is 5.88 Å². The molecule has 0 unspecified atom stereocenters. The van der Waals surface area contributed by atoms with Gasteiger partial charge in [-0.1, -0.05) is 35.4 Å². The fourth-order valence-electron chi connectivity index (χ4n) is 6.01. The first-order chi connectivity index (χ1) is 24.0. The summed E-state index contributed by atoms with van der Waals surface area (Å²) >= 11 is 0. The number of aryl methyl sites for hydroxylation is 2. The highest BCUT2D eigenvalue weighted by atomic mass is 19.4. The van der Waals surface area contributed by atoms with Crippen molar-refractivity contribution < 1.29 is 32.6 Å². The van der Waals surface area contributed by atoms with Crippen molar-refractivity contribution in [3.63, 3.8) is 0 Å². The van der Waals surface area contributed by atoms with Crippen molar-refractivity contribution in [3.05, 3.63) is 119 Å². The lowest BCUT2D eigenvalue weighted by Gasteiger charge is -2.35. The van der Waals surface area contributed by atoms with Gasteiger partial charge in [-0.05, 0) is 68.9 Å². The van der Waals surface area contributed by atoms with Gasteiger partial charge < -0.3 is 14.7 Å². The molecule has 1 aliphatic carbocycles. The molecule has 0 bridgehead atoms. The fourth-order valence-corrected chi connectivity index (χ4v) is 6.01. The minimum Gasteiger partial charge on any atom is -0.478 e. The van der Waals surface area contributed by atoms with E-state index in [-0.39, 0.29) is 30.0 Å². The molecule has 0 spiro atoms. The molecule has 2 aliphatic rings. The maximum atomic E-state index is 13.8. The van der Waals surface area contributed by atoms with Crippen molar-refractivity contribution >= 4 is 11.9 Å². The number of nitrogens with zero attached hydrogens (tertiary/aromatic N) is 6. The second-order valence-corrected chi connectivity index (χ2v) is 12.3.